The Morgan fingerprint density at radius 2 is 1.65 bits per heavy atom. The first-order chi connectivity index (χ1) is 24.3. The zero-order valence-corrected chi connectivity index (χ0v) is 30.4. The minimum Gasteiger partial charge on any atom is -0.467 e. The number of pyridine rings is 1. The SMILES string of the molecule is COC(=O)[C@]1(Nc2c([N+](=O)[O-])cnc3c2ccn3S(=O)(=O)c2ccccc2)CC[C@@H](CCC(C)(C)[Si](O)(c2ccccc2)c2ccccc2)OC1. The number of esters is 1. The molecule has 6 rings (SSSR count). The van der Waals surface area contributed by atoms with E-state index in [1.807, 2.05) is 60.7 Å². The van der Waals surface area contributed by atoms with Crippen molar-refractivity contribution in [3.63, 3.8) is 0 Å². The van der Waals surface area contributed by atoms with Gasteiger partial charge in [0.05, 0.1) is 35.0 Å². The Morgan fingerprint density at radius 1 is 1.06 bits per heavy atom. The second kappa shape index (κ2) is 14.0. The fourth-order valence-corrected chi connectivity index (χ4v) is 12.1. The number of ether oxygens (including phenoxy) is 2. The zero-order valence-electron chi connectivity index (χ0n) is 28.6. The number of fused-ring (bicyclic) bond motifs is 1. The molecule has 3 aromatic carbocycles. The molecule has 2 N–H and O–H groups in total. The lowest BCUT2D eigenvalue weighted by atomic mass is 9.87. The van der Waals surface area contributed by atoms with Crippen molar-refractivity contribution in [3.05, 3.63) is 120 Å². The maximum atomic E-state index is 13.5. The molecule has 5 aromatic rings. The van der Waals surface area contributed by atoms with E-state index in [0.717, 1.165) is 20.5 Å². The Balaban J connectivity index is 1.26. The summed E-state index contributed by atoms with van der Waals surface area (Å²) in [4.78, 5) is 41.8. The third-order valence-electron chi connectivity index (χ3n) is 10.0. The Hall–Kier alpha value is -4.89. The third-order valence-corrected chi connectivity index (χ3v) is 16.2. The normalized spacial score (nSPS) is 18.3. The third kappa shape index (κ3) is 6.55. The molecule has 0 radical (unpaired) electrons. The van der Waals surface area contributed by atoms with Crippen LogP contribution in [0.4, 0.5) is 11.4 Å². The number of hydrogen-bond donors (Lipinski definition) is 2. The van der Waals surface area contributed by atoms with Gasteiger partial charge in [-0.25, -0.2) is 22.2 Å². The van der Waals surface area contributed by atoms with Gasteiger partial charge >= 0.3 is 11.7 Å². The van der Waals surface area contributed by atoms with E-state index in [4.69, 9.17) is 9.47 Å². The maximum absolute atomic E-state index is 13.5. The van der Waals surface area contributed by atoms with Crippen molar-refractivity contribution in [2.75, 3.05) is 19.0 Å². The van der Waals surface area contributed by atoms with Gasteiger partial charge in [-0.3, -0.25) is 10.1 Å². The van der Waals surface area contributed by atoms with Gasteiger partial charge in [0.2, 0.25) is 0 Å². The Labute approximate surface area is 297 Å². The highest BCUT2D eigenvalue weighted by Gasteiger charge is 2.51. The maximum Gasteiger partial charge on any atom is 0.333 e. The summed E-state index contributed by atoms with van der Waals surface area (Å²) in [6, 6.07) is 28.7. The second-order valence-electron chi connectivity index (χ2n) is 13.5. The standard InChI is InChI=1S/C37H40N4O8SSi/c1-36(2,51(47,29-15-9-5-10-16-29)30-17-11-6-12-18-30)22-19-27-20-23-37(26-49-27,35(42)48-3)39-33-31-21-24-40(34(31)38-25-32(33)41(43)44)50(45,46)28-13-7-4-8-14-28/h4-18,21,24-25,27,47H,19-20,22-23,26H2,1-3H3,(H,38,39)/t27-,37+/m1/s1. The fourth-order valence-electron chi connectivity index (χ4n) is 7.03. The highest BCUT2D eigenvalue weighted by atomic mass is 32.2. The molecule has 3 heterocycles. The summed E-state index contributed by atoms with van der Waals surface area (Å²) in [6.45, 7) is 4.01. The van der Waals surface area contributed by atoms with Crippen molar-refractivity contribution in [2.45, 2.75) is 61.1 Å². The van der Waals surface area contributed by atoms with Crippen molar-refractivity contribution >= 4 is 57.1 Å². The number of carbonyl (C=O) groups is 1. The van der Waals surface area contributed by atoms with Crippen molar-refractivity contribution < 1.29 is 32.4 Å². The first kappa shape index (κ1) is 35.9. The molecular formula is C37H40N4O8SSi. The zero-order chi connectivity index (χ0) is 36.4. The number of rotatable bonds is 12. The lowest BCUT2D eigenvalue weighted by molar-refractivity contribution is -0.384. The van der Waals surface area contributed by atoms with Gasteiger partial charge in [0.1, 0.15) is 11.9 Å². The van der Waals surface area contributed by atoms with Crippen LogP contribution in [-0.4, -0.2) is 66.7 Å². The van der Waals surface area contributed by atoms with Crippen LogP contribution in [0, 0.1) is 10.1 Å². The molecule has 266 valence electrons. The molecule has 1 aliphatic rings. The van der Waals surface area contributed by atoms with Gasteiger partial charge in [-0.1, -0.05) is 92.7 Å². The number of hydrogen-bond acceptors (Lipinski definition) is 10. The van der Waals surface area contributed by atoms with Crippen LogP contribution >= 0.6 is 0 Å². The molecule has 14 heteroatoms. The van der Waals surface area contributed by atoms with E-state index >= 15 is 0 Å². The number of methoxy groups -OCH3 is 1. The van der Waals surface area contributed by atoms with Gasteiger partial charge in [-0.15, -0.1) is 0 Å². The van der Waals surface area contributed by atoms with E-state index in [-0.39, 0.29) is 40.7 Å². The Morgan fingerprint density at radius 3 is 2.18 bits per heavy atom. The van der Waals surface area contributed by atoms with Gasteiger partial charge in [-0.05, 0) is 59.3 Å². The van der Waals surface area contributed by atoms with Crippen LogP contribution in [0.15, 0.2) is 114 Å². The number of nitro groups is 1. The molecule has 0 aliphatic carbocycles. The Bertz CT molecular complexity index is 2100. The number of benzene rings is 3. The summed E-state index contributed by atoms with van der Waals surface area (Å²) in [7, 11) is -6.10. The van der Waals surface area contributed by atoms with E-state index in [0.29, 0.717) is 19.3 Å². The molecule has 51 heavy (non-hydrogen) atoms. The quantitative estimate of drug-likeness (QED) is 0.0774. The van der Waals surface area contributed by atoms with Crippen molar-refractivity contribution in [3.8, 4) is 0 Å². The number of carbonyl (C=O) groups excluding carboxylic acids is 1. The second-order valence-corrected chi connectivity index (χ2v) is 19.2. The van der Waals surface area contributed by atoms with E-state index in [9.17, 15) is 28.1 Å². The van der Waals surface area contributed by atoms with Crippen LogP contribution in [0.5, 0.6) is 0 Å². The molecule has 12 nitrogen and oxygen atoms in total. The highest BCUT2D eigenvalue weighted by Crippen LogP contribution is 2.43. The molecule has 0 bridgehead atoms. The highest BCUT2D eigenvalue weighted by molar-refractivity contribution is 7.90. The topological polar surface area (TPSA) is 163 Å². The number of nitrogens with one attached hydrogen (secondary N) is 1. The largest absolute Gasteiger partial charge is 0.467 e. The Kier molecular flexibility index (Phi) is 9.88. The van der Waals surface area contributed by atoms with Crippen LogP contribution in [0.25, 0.3) is 11.0 Å². The first-order valence-corrected chi connectivity index (χ1v) is 20.0. The summed E-state index contributed by atoms with van der Waals surface area (Å²) in [6.07, 6.45) is 3.85. The van der Waals surface area contributed by atoms with Gasteiger partial charge in [0.15, 0.2) is 11.2 Å². The molecule has 0 unspecified atom stereocenters. The lowest BCUT2D eigenvalue weighted by Gasteiger charge is -2.43. The fraction of sp³-hybridized carbons (Fsp3) is 0.297. The van der Waals surface area contributed by atoms with Crippen LogP contribution in [0.2, 0.25) is 5.04 Å². The molecule has 0 spiro atoms. The van der Waals surface area contributed by atoms with Crippen LogP contribution in [-0.2, 0) is 24.3 Å². The monoisotopic (exact) mass is 728 g/mol. The van der Waals surface area contributed by atoms with E-state index < -0.39 is 45.5 Å². The van der Waals surface area contributed by atoms with Crippen LogP contribution in [0.1, 0.15) is 39.5 Å². The summed E-state index contributed by atoms with van der Waals surface area (Å²) >= 11 is 0. The van der Waals surface area contributed by atoms with Crippen LogP contribution in [0.3, 0.4) is 0 Å². The van der Waals surface area contributed by atoms with Gasteiger partial charge in [-0.2, -0.15) is 0 Å². The van der Waals surface area contributed by atoms with Gasteiger partial charge < -0.3 is 19.6 Å². The molecule has 0 amide bonds. The van der Waals surface area contributed by atoms with E-state index in [2.05, 4.69) is 24.1 Å². The number of anilines is 1. The molecule has 1 aliphatic heterocycles. The van der Waals surface area contributed by atoms with Crippen LogP contribution < -0.4 is 15.7 Å². The van der Waals surface area contributed by atoms with Gasteiger partial charge in [0, 0.05) is 6.20 Å². The summed E-state index contributed by atoms with van der Waals surface area (Å²) < 4.78 is 39.5. The number of nitrogens with zero attached hydrogens (tertiary/aromatic N) is 3. The predicted octanol–water partition coefficient (Wildman–Crippen LogP) is 5.00. The van der Waals surface area contributed by atoms with Crippen molar-refractivity contribution in [2.24, 2.45) is 0 Å². The average molecular weight is 729 g/mol. The summed E-state index contributed by atoms with van der Waals surface area (Å²) in [5.74, 6) is -0.674. The predicted molar refractivity (Wildman–Crippen MR) is 196 cm³/mol. The van der Waals surface area contributed by atoms with E-state index in [1.54, 1.807) is 18.2 Å². The van der Waals surface area contributed by atoms with E-state index in [1.165, 1.54) is 31.5 Å². The molecule has 0 saturated carbocycles. The molecular weight excluding hydrogens is 689 g/mol. The summed E-state index contributed by atoms with van der Waals surface area (Å²) in [5.41, 5.74) is -2.06. The number of aromatic nitrogens is 2. The smallest absolute Gasteiger partial charge is 0.333 e. The minimum atomic E-state index is -4.09. The summed E-state index contributed by atoms with van der Waals surface area (Å²) in [5, 5.41) is 16.8. The average Bonchev–Trinajstić information content (AvgIpc) is 3.61. The first-order valence-electron chi connectivity index (χ1n) is 16.6. The van der Waals surface area contributed by atoms with Crippen molar-refractivity contribution in [1.82, 2.24) is 8.96 Å². The minimum absolute atomic E-state index is 0.0201. The molecule has 2 atom stereocenters. The molecule has 1 saturated heterocycles. The molecule has 2 aromatic heterocycles. The molecule has 1 fully saturated rings. The lowest BCUT2D eigenvalue weighted by Crippen LogP contribution is -2.65. The van der Waals surface area contributed by atoms with Crippen molar-refractivity contribution in [1.29, 1.82) is 0 Å². The van der Waals surface area contributed by atoms with Gasteiger partial charge in [0.25, 0.3) is 18.3 Å².